The molecule has 8 heteroatoms. The molecule has 0 unspecified atom stereocenters. The SMILES string of the molecule is CCOC(=O)CNS(=O)(=O)c1ccc2c(c1)OCCCO2. The standard InChI is InChI=1S/C13H17NO6S/c1-2-18-13(15)9-14-21(16,17)10-4-5-11-12(8-10)20-7-3-6-19-11/h4-5,8,14H,2-3,6-7,9H2,1H3. The van der Waals surface area contributed by atoms with Gasteiger partial charge in [0, 0.05) is 12.5 Å². The molecule has 0 aliphatic carbocycles. The summed E-state index contributed by atoms with van der Waals surface area (Å²) in [6, 6.07) is 4.33. The zero-order chi connectivity index (χ0) is 15.3. The first kappa shape index (κ1) is 15.6. The number of hydrogen-bond donors (Lipinski definition) is 1. The van der Waals surface area contributed by atoms with Crippen molar-refractivity contribution in [2.24, 2.45) is 0 Å². The van der Waals surface area contributed by atoms with E-state index in [1.807, 2.05) is 0 Å². The molecule has 0 radical (unpaired) electrons. The zero-order valence-electron chi connectivity index (χ0n) is 11.6. The van der Waals surface area contributed by atoms with Gasteiger partial charge in [-0.3, -0.25) is 4.79 Å². The van der Waals surface area contributed by atoms with Gasteiger partial charge in [-0.1, -0.05) is 0 Å². The maximum Gasteiger partial charge on any atom is 0.321 e. The predicted octanol–water partition coefficient (Wildman–Crippen LogP) is 0.689. The van der Waals surface area contributed by atoms with Gasteiger partial charge < -0.3 is 14.2 Å². The van der Waals surface area contributed by atoms with E-state index < -0.39 is 22.5 Å². The lowest BCUT2D eigenvalue weighted by Crippen LogP contribution is -2.30. The first-order chi connectivity index (χ1) is 10.0. The molecule has 1 aromatic carbocycles. The summed E-state index contributed by atoms with van der Waals surface area (Å²) in [4.78, 5) is 11.2. The third-order valence-corrected chi connectivity index (χ3v) is 4.14. The van der Waals surface area contributed by atoms with Gasteiger partial charge in [0.1, 0.15) is 6.54 Å². The summed E-state index contributed by atoms with van der Waals surface area (Å²) in [6.45, 7) is 2.43. The van der Waals surface area contributed by atoms with E-state index in [-0.39, 0.29) is 11.5 Å². The molecular weight excluding hydrogens is 298 g/mol. The van der Waals surface area contributed by atoms with Crippen LogP contribution in [0.5, 0.6) is 11.5 Å². The Labute approximate surface area is 123 Å². The van der Waals surface area contributed by atoms with Crippen molar-refractivity contribution in [2.75, 3.05) is 26.4 Å². The molecule has 2 rings (SSSR count). The summed E-state index contributed by atoms with van der Waals surface area (Å²) in [5, 5.41) is 0. The molecule has 7 nitrogen and oxygen atoms in total. The van der Waals surface area contributed by atoms with E-state index in [2.05, 4.69) is 9.46 Å². The van der Waals surface area contributed by atoms with E-state index in [1.165, 1.54) is 12.1 Å². The third kappa shape index (κ3) is 4.08. The average Bonchev–Trinajstić information content (AvgIpc) is 2.70. The molecule has 0 bridgehead atoms. The molecule has 0 amide bonds. The predicted molar refractivity (Wildman–Crippen MR) is 73.9 cm³/mol. The number of nitrogens with one attached hydrogen (secondary N) is 1. The van der Waals surface area contributed by atoms with Crippen LogP contribution in [0.2, 0.25) is 0 Å². The molecule has 21 heavy (non-hydrogen) atoms. The van der Waals surface area contributed by atoms with Gasteiger partial charge in [0.05, 0.1) is 24.7 Å². The van der Waals surface area contributed by atoms with Crippen molar-refractivity contribution >= 4 is 16.0 Å². The number of benzene rings is 1. The number of hydrogen-bond acceptors (Lipinski definition) is 6. The maximum absolute atomic E-state index is 12.1. The van der Waals surface area contributed by atoms with E-state index in [4.69, 9.17) is 9.47 Å². The van der Waals surface area contributed by atoms with Gasteiger partial charge >= 0.3 is 5.97 Å². The van der Waals surface area contributed by atoms with Crippen molar-refractivity contribution in [1.82, 2.24) is 4.72 Å². The van der Waals surface area contributed by atoms with Crippen LogP contribution in [0.1, 0.15) is 13.3 Å². The van der Waals surface area contributed by atoms with E-state index in [1.54, 1.807) is 13.0 Å². The highest BCUT2D eigenvalue weighted by Crippen LogP contribution is 2.31. The van der Waals surface area contributed by atoms with Gasteiger partial charge in [0.25, 0.3) is 0 Å². The van der Waals surface area contributed by atoms with Gasteiger partial charge in [-0.2, -0.15) is 4.72 Å². The van der Waals surface area contributed by atoms with Crippen LogP contribution in [0.3, 0.4) is 0 Å². The topological polar surface area (TPSA) is 90.9 Å². The van der Waals surface area contributed by atoms with E-state index >= 15 is 0 Å². The fourth-order valence-electron chi connectivity index (χ4n) is 1.76. The van der Waals surface area contributed by atoms with Crippen molar-refractivity contribution in [2.45, 2.75) is 18.2 Å². The van der Waals surface area contributed by atoms with Crippen molar-refractivity contribution < 1.29 is 27.4 Å². The van der Waals surface area contributed by atoms with Crippen molar-refractivity contribution in [1.29, 1.82) is 0 Å². The van der Waals surface area contributed by atoms with Crippen molar-refractivity contribution in [3.05, 3.63) is 18.2 Å². The summed E-state index contributed by atoms with van der Waals surface area (Å²) >= 11 is 0. The molecule has 0 saturated carbocycles. The zero-order valence-corrected chi connectivity index (χ0v) is 12.4. The second kappa shape index (κ2) is 6.77. The van der Waals surface area contributed by atoms with Crippen molar-refractivity contribution in [3.8, 4) is 11.5 Å². The molecular formula is C13H17NO6S. The Bertz CT molecular complexity index is 613. The van der Waals surface area contributed by atoms with Gasteiger partial charge in [-0.05, 0) is 19.1 Å². The minimum Gasteiger partial charge on any atom is -0.490 e. The number of sulfonamides is 1. The minimum absolute atomic E-state index is 0.0102. The summed E-state index contributed by atoms with van der Waals surface area (Å²) < 4.78 is 41.9. The largest absolute Gasteiger partial charge is 0.490 e. The highest BCUT2D eigenvalue weighted by atomic mass is 32.2. The third-order valence-electron chi connectivity index (χ3n) is 2.74. The Hall–Kier alpha value is -1.80. The Morgan fingerprint density at radius 2 is 2.00 bits per heavy atom. The lowest BCUT2D eigenvalue weighted by atomic mass is 10.3. The molecule has 0 atom stereocenters. The van der Waals surface area contributed by atoms with Gasteiger partial charge in [0.2, 0.25) is 10.0 Å². The molecule has 0 saturated heterocycles. The smallest absolute Gasteiger partial charge is 0.321 e. The molecule has 0 spiro atoms. The molecule has 1 aliphatic heterocycles. The number of carbonyl (C=O) groups excluding carboxylic acids is 1. The van der Waals surface area contributed by atoms with Crippen LogP contribution in [-0.4, -0.2) is 40.8 Å². The van der Waals surface area contributed by atoms with Gasteiger partial charge in [-0.25, -0.2) is 8.42 Å². The minimum atomic E-state index is -3.81. The molecule has 1 heterocycles. The van der Waals surface area contributed by atoms with Gasteiger partial charge in [-0.15, -0.1) is 0 Å². The Morgan fingerprint density at radius 1 is 1.29 bits per heavy atom. The second-order valence-corrected chi connectivity index (χ2v) is 6.06. The lowest BCUT2D eigenvalue weighted by molar-refractivity contribution is -0.141. The molecule has 1 aliphatic rings. The average molecular weight is 315 g/mol. The Kier molecular flexibility index (Phi) is 5.03. The highest BCUT2D eigenvalue weighted by Gasteiger charge is 2.19. The lowest BCUT2D eigenvalue weighted by Gasteiger charge is -2.10. The van der Waals surface area contributed by atoms with Crippen LogP contribution in [0, 0.1) is 0 Å². The van der Waals surface area contributed by atoms with Crippen LogP contribution in [0.15, 0.2) is 23.1 Å². The fraction of sp³-hybridized carbons (Fsp3) is 0.462. The number of ether oxygens (including phenoxy) is 3. The normalized spacial score (nSPS) is 14.3. The molecule has 1 N–H and O–H groups in total. The van der Waals surface area contributed by atoms with E-state index in [9.17, 15) is 13.2 Å². The second-order valence-electron chi connectivity index (χ2n) is 4.29. The summed E-state index contributed by atoms with van der Waals surface area (Å²) in [5.41, 5.74) is 0. The molecule has 116 valence electrons. The number of fused-ring (bicyclic) bond motifs is 1. The summed E-state index contributed by atoms with van der Waals surface area (Å²) in [6.07, 6.45) is 0.734. The fourth-order valence-corrected chi connectivity index (χ4v) is 2.74. The first-order valence-electron chi connectivity index (χ1n) is 6.58. The van der Waals surface area contributed by atoms with Crippen LogP contribution < -0.4 is 14.2 Å². The van der Waals surface area contributed by atoms with Crippen molar-refractivity contribution in [3.63, 3.8) is 0 Å². The monoisotopic (exact) mass is 315 g/mol. The first-order valence-corrected chi connectivity index (χ1v) is 8.06. The van der Waals surface area contributed by atoms with Crippen LogP contribution in [0.25, 0.3) is 0 Å². The van der Waals surface area contributed by atoms with Crippen LogP contribution >= 0.6 is 0 Å². The molecule has 0 fully saturated rings. The Morgan fingerprint density at radius 3 is 2.71 bits per heavy atom. The molecule has 0 aromatic heterocycles. The van der Waals surface area contributed by atoms with E-state index in [0.717, 1.165) is 6.42 Å². The Balaban J connectivity index is 2.13. The number of carbonyl (C=O) groups is 1. The summed E-state index contributed by atoms with van der Waals surface area (Å²) in [7, 11) is -3.81. The quantitative estimate of drug-likeness (QED) is 0.804. The van der Waals surface area contributed by atoms with E-state index in [0.29, 0.717) is 24.7 Å². The molecule has 1 aromatic rings. The van der Waals surface area contributed by atoms with Crippen LogP contribution in [-0.2, 0) is 19.6 Å². The summed E-state index contributed by atoms with van der Waals surface area (Å²) in [5.74, 6) is 0.263. The van der Waals surface area contributed by atoms with Gasteiger partial charge in [0.15, 0.2) is 11.5 Å². The maximum atomic E-state index is 12.1. The number of esters is 1. The number of rotatable bonds is 5. The van der Waals surface area contributed by atoms with Crippen LogP contribution in [0.4, 0.5) is 0 Å². The highest BCUT2D eigenvalue weighted by molar-refractivity contribution is 7.89.